The Morgan fingerprint density at radius 1 is 0.453 bits per heavy atom. The number of nitro benzene ring substituents is 4. The van der Waals surface area contributed by atoms with Crippen molar-refractivity contribution in [3.8, 4) is 68.2 Å². The summed E-state index contributed by atoms with van der Waals surface area (Å²) in [5.74, 6) is 1.19. The predicted octanol–water partition coefficient (Wildman–Crippen LogP) is 0.0604. The van der Waals surface area contributed by atoms with Crippen LogP contribution >= 0.6 is 0 Å². The summed E-state index contributed by atoms with van der Waals surface area (Å²) in [5.41, 5.74) is 3.26. The first-order valence-electron chi connectivity index (χ1n) is 18.1. The number of halogens is 2. The van der Waals surface area contributed by atoms with Crippen LogP contribution in [0.1, 0.15) is 0 Å². The number of hydrogen-bond acceptors (Lipinski definition) is 14. The van der Waals surface area contributed by atoms with E-state index in [1.807, 2.05) is 0 Å². The van der Waals surface area contributed by atoms with Crippen LogP contribution < -0.4 is 43.9 Å². The molecule has 0 unspecified atom stereocenters. The van der Waals surface area contributed by atoms with Gasteiger partial charge in [0.05, 0.1) is 55.2 Å². The Bertz CT molecular complexity index is 3060. The average Bonchev–Trinajstić information content (AvgIpc) is 3.95. The smallest absolute Gasteiger partial charge is 0.340 e. The fourth-order valence-corrected chi connectivity index (χ4v) is 6.41. The zero-order valence-electron chi connectivity index (χ0n) is 32.9. The molecule has 0 aliphatic heterocycles. The molecule has 0 amide bonds. The molecule has 6 aromatic carbocycles. The zero-order valence-corrected chi connectivity index (χ0v) is 34.4. The van der Waals surface area contributed by atoms with Crippen LogP contribution in [-0.2, 0) is 0 Å². The molecule has 0 bridgehead atoms. The third kappa shape index (κ3) is 8.70. The number of benzene rings is 6. The topological polar surface area (TPSA) is 260 Å². The number of ether oxygens (including phenoxy) is 2. The Labute approximate surface area is 371 Å². The number of rotatable bonds is 13. The standard InChI is InChI=1S/C40H28N12O10.2ClH/c1-61-37-22-20-33(47-43-39(25-3-7-29(8-4-25)49(53)54)41-45(47)27-11-15-31(16-12-27)51(57)58)23-36(37)35-21-19-34(24-38(35)62-2)48-44-40(26-5-9-30(10-6-26)50(55)56)42-46(48)28-13-17-32(18-14-28)52(59)60;;/h3-24H,1-2H3;2*1H/q+2;;/p-2. The minimum atomic E-state index is -0.524. The molecule has 0 aliphatic carbocycles. The van der Waals surface area contributed by atoms with Crippen molar-refractivity contribution in [3.63, 3.8) is 0 Å². The van der Waals surface area contributed by atoms with Gasteiger partial charge in [0.2, 0.25) is 0 Å². The second-order valence-corrected chi connectivity index (χ2v) is 13.1. The Balaban J connectivity index is 0.00000340. The fraction of sp³-hybridized carbons (Fsp3) is 0.0500. The SMILES string of the molecule is COc1cc(-n2nc(-c3ccc([N+](=O)[O-])cc3)n[n+]2-c2ccc([N+](=O)[O-])cc2)ccc1-c1cc(-n2nc(-c3ccc([N+](=O)[O-])cc3)n[n+]2-c2ccc([N+](=O)[O-])cc2)ccc1OC.[Cl-].[Cl-]. The molecule has 0 radical (unpaired) electrons. The maximum absolute atomic E-state index is 11.4. The van der Waals surface area contributed by atoms with Gasteiger partial charge in [0.1, 0.15) is 22.9 Å². The van der Waals surface area contributed by atoms with Crippen molar-refractivity contribution >= 4 is 22.7 Å². The second kappa shape index (κ2) is 18.5. The van der Waals surface area contributed by atoms with Gasteiger partial charge in [0, 0.05) is 75.3 Å². The van der Waals surface area contributed by atoms with Crippen molar-refractivity contribution < 1.29 is 63.6 Å². The molecule has 322 valence electrons. The molecule has 0 saturated carbocycles. The molecule has 0 N–H and O–H groups in total. The van der Waals surface area contributed by atoms with E-state index in [1.54, 1.807) is 36.4 Å². The van der Waals surface area contributed by atoms with Crippen LogP contribution in [0.25, 0.3) is 56.7 Å². The molecule has 0 saturated heterocycles. The van der Waals surface area contributed by atoms with Gasteiger partial charge in [-0.05, 0) is 98.7 Å². The monoisotopic (exact) mass is 906 g/mol. The number of non-ortho nitro benzene ring substituents is 4. The lowest BCUT2D eigenvalue weighted by molar-refractivity contribution is -0.734. The van der Waals surface area contributed by atoms with Gasteiger partial charge >= 0.3 is 11.6 Å². The lowest BCUT2D eigenvalue weighted by Crippen LogP contribution is -3.00. The van der Waals surface area contributed by atoms with Crippen LogP contribution in [0.3, 0.4) is 0 Å². The predicted molar refractivity (Wildman–Crippen MR) is 215 cm³/mol. The third-order valence-corrected chi connectivity index (χ3v) is 9.49. The Morgan fingerprint density at radius 2 is 0.812 bits per heavy atom. The average molecular weight is 908 g/mol. The molecule has 24 heteroatoms. The van der Waals surface area contributed by atoms with Crippen molar-refractivity contribution in [2.24, 2.45) is 0 Å². The van der Waals surface area contributed by atoms with Crippen LogP contribution in [0.2, 0.25) is 0 Å². The number of tetrazole rings is 2. The minimum absolute atomic E-state index is 0. The fourth-order valence-electron chi connectivity index (χ4n) is 6.41. The molecular formula is C40H28Cl2N12O10. The van der Waals surface area contributed by atoms with Crippen molar-refractivity contribution in [1.29, 1.82) is 0 Å². The van der Waals surface area contributed by atoms with Crippen molar-refractivity contribution in [2.45, 2.75) is 0 Å². The summed E-state index contributed by atoms with van der Waals surface area (Å²) in [5, 5.41) is 64.3. The molecule has 2 aromatic heterocycles. The van der Waals surface area contributed by atoms with E-state index in [-0.39, 0.29) is 59.2 Å². The zero-order chi connectivity index (χ0) is 43.7. The summed E-state index contributed by atoms with van der Waals surface area (Å²) >= 11 is 0. The second-order valence-electron chi connectivity index (χ2n) is 13.1. The van der Waals surface area contributed by atoms with Gasteiger partial charge < -0.3 is 34.3 Å². The molecule has 0 aliphatic rings. The molecule has 0 spiro atoms. The first-order chi connectivity index (χ1) is 29.9. The normalized spacial score (nSPS) is 10.6. The van der Waals surface area contributed by atoms with Gasteiger partial charge in [0.25, 0.3) is 22.7 Å². The van der Waals surface area contributed by atoms with E-state index >= 15 is 0 Å². The number of methoxy groups -OCH3 is 2. The van der Waals surface area contributed by atoms with Crippen molar-refractivity contribution in [3.05, 3.63) is 174 Å². The van der Waals surface area contributed by atoms with Crippen LogP contribution in [0.5, 0.6) is 11.5 Å². The lowest BCUT2D eigenvalue weighted by atomic mass is 10.0. The largest absolute Gasteiger partial charge is 1.00 e. The van der Waals surface area contributed by atoms with Gasteiger partial charge in [-0.15, -0.1) is 0 Å². The molecule has 64 heavy (non-hydrogen) atoms. The van der Waals surface area contributed by atoms with Crippen molar-refractivity contribution in [1.82, 2.24) is 30.0 Å². The molecule has 2 heterocycles. The van der Waals surface area contributed by atoms with Gasteiger partial charge in [-0.1, -0.05) is 0 Å². The molecule has 8 aromatic rings. The molecule has 0 atom stereocenters. The number of aromatic nitrogens is 8. The molecule has 22 nitrogen and oxygen atoms in total. The summed E-state index contributed by atoms with van der Waals surface area (Å²) < 4.78 is 11.7. The maximum Gasteiger partial charge on any atom is 0.340 e. The summed E-state index contributed by atoms with van der Waals surface area (Å²) in [6, 6.07) is 33.1. The Hall–Kier alpha value is -8.76. The van der Waals surface area contributed by atoms with Gasteiger partial charge in [-0.2, -0.15) is 0 Å². The van der Waals surface area contributed by atoms with E-state index in [0.717, 1.165) is 0 Å². The Morgan fingerprint density at radius 3 is 1.19 bits per heavy atom. The highest BCUT2D eigenvalue weighted by molar-refractivity contribution is 5.78. The van der Waals surface area contributed by atoms with Crippen LogP contribution in [0, 0.1) is 40.5 Å². The van der Waals surface area contributed by atoms with E-state index in [0.29, 0.717) is 56.5 Å². The van der Waals surface area contributed by atoms with Crippen molar-refractivity contribution in [2.75, 3.05) is 14.2 Å². The molecule has 0 fully saturated rings. The number of nitrogens with zero attached hydrogens (tertiary/aromatic N) is 12. The summed E-state index contributed by atoms with van der Waals surface area (Å²) in [7, 11) is 2.98. The van der Waals surface area contributed by atoms with E-state index in [1.165, 1.54) is 130 Å². The van der Waals surface area contributed by atoms with Crippen LogP contribution in [0.4, 0.5) is 22.7 Å². The first kappa shape index (κ1) is 44.8. The first-order valence-corrected chi connectivity index (χ1v) is 18.1. The quantitative estimate of drug-likeness (QED) is 0.0842. The molecular weight excluding hydrogens is 879 g/mol. The Kier molecular flexibility index (Phi) is 12.9. The van der Waals surface area contributed by atoms with Crippen LogP contribution in [-0.4, -0.2) is 63.9 Å². The van der Waals surface area contributed by atoms with E-state index < -0.39 is 19.7 Å². The minimum Gasteiger partial charge on any atom is -1.00 e. The third-order valence-electron chi connectivity index (χ3n) is 9.49. The lowest BCUT2D eigenvalue weighted by Gasteiger charge is -2.14. The molecule has 8 rings (SSSR count). The number of hydrogen-bond donors (Lipinski definition) is 0. The number of nitro groups is 4. The summed E-state index contributed by atoms with van der Waals surface area (Å²) in [6.07, 6.45) is 0. The van der Waals surface area contributed by atoms with E-state index in [2.05, 4.69) is 10.2 Å². The summed E-state index contributed by atoms with van der Waals surface area (Å²) in [4.78, 5) is 49.2. The van der Waals surface area contributed by atoms with Gasteiger partial charge in [-0.3, -0.25) is 40.5 Å². The van der Waals surface area contributed by atoms with Gasteiger partial charge in [0.15, 0.2) is 11.4 Å². The van der Waals surface area contributed by atoms with E-state index in [4.69, 9.17) is 19.7 Å². The highest BCUT2D eigenvalue weighted by atomic mass is 35.5. The highest BCUT2D eigenvalue weighted by Gasteiger charge is 2.28. The maximum atomic E-state index is 11.4. The highest BCUT2D eigenvalue weighted by Crippen LogP contribution is 2.39. The van der Waals surface area contributed by atoms with E-state index in [9.17, 15) is 40.5 Å². The summed E-state index contributed by atoms with van der Waals surface area (Å²) in [6.45, 7) is 0. The van der Waals surface area contributed by atoms with Gasteiger partial charge in [-0.25, -0.2) is 0 Å². The van der Waals surface area contributed by atoms with Crippen LogP contribution in [0.15, 0.2) is 133 Å².